The highest BCUT2D eigenvalue weighted by molar-refractivity contribution is 7.85. The Morgan fingerprint density at radius 3 is 2.58 bits per heavy atom. The Hall–Kier alpha value is -1.49. The van der Waals surface area contributed by atoms with Crippen LogP contribution in [0.3, 0.4) is 0 Å². The number of aromatic nitrogens is 3. The zero-order valence-electron chi connectivity index (χ0n) is 11.1. The van der Waals surface area contributed by atoms with Crippen molar-refractivity contribution in [3.8, 4) is 0 Å². The van der Waals surface area contributed by atoms with Crippen molar-refractivity contribution in [2.75, 3.05) is 0 Å². The maximum atomic E-state index is 12.7. The van der Waals surface area contributed by atoms with Crippen LogP contribution in [0.2, 0.25) is 0 Å². The fourth-order valence-corrected chi connectivity index (χ4v) is 3.56. The van der Waals surface area contributed by atoms with Gasteiger partial charge in [-0.3, -0.25) is 4.21 Å². The lowest BCUT2D eigenvalue weighted by molar-refractivity contribution is 0.613. The van der Waals surface area contributed by atoms with E-state index in [1.54, 1.807) is 0 Å². The van der Waals surface area contributed by atoms with E-state index in [4.69, 9.17) is 0 Å². The molecule has 1 saturated carbocycles. The predicted octanol–water partition coefficient (Wildman–Crippen LogP) is 2.79. The molecule has 1 aromatic heterocycles. The first kappa shape index (κ1) is 12.5. The fourth-order valence-electron chi connectivity index (χ4n) is 2.25. The fraction of sp³-hybridized carbons (Fsp3) is 0.429. The number of hydrogen-bond donors (Lipinski definition) is 0. The van der Waals surface area contributed by atoms with Gasteiger partial charge >= 0.3 is 0 Å². The Labute approximate surface area is 115 Å². The van der Waals surface area contributed by atoms with Gasteiger partial charge in [0.15, 0.2) is 0 Å². The highest BCUT2D eigenvalue weighted by atomic mass is 32.2. The van der Waals surface area contributed by atoms with Crippen LogP contribution >= 0.6 is 0 Å². The maximum absolute atomic E-state index is 12.7. The molecule has 19 heavy (non-hydrogen) atoms. The van der Waals surface area contributed by atoms with Crippen LogP contribution in [0.25, 0.3) is 0 Å². The highest BCUT2D eigenvalue weighted by Gasteiger charge is 2.31. The molecule has 100 valence electrons. The molecule has 0 spiro atoms. The van der Waals surface area contributed by atoms with Gasteiger partial charge in [0, 0.05) is 6.04 Å². The van der Waals surface area contributed by atoms with Crippen molar-refractivity contribution in [2.45, 2.75) is 43.1 Å². The molecule has 1 aromatic carbocycles. The number of hydrogen-bond acceptors (Lipinski definition) is 3. The molecule has 0 radical (unpaired) electrons. The van der Waals surface area contributed by atoms with Crippen LogP contribution in [0, 0.1) is 6.92 Å². The van der Waals surface area contributed by atoms with Gasteiger partial charge in [-0.15, -0.1) is 10.2 Å². The summed E-state index contributed by atoms with van der Waals surface area (Å²) in [4.78, 5) is 0. The standard InChI is InChI=1S/C14H17N3OS/c1-10(12-6-4-3-5-7-12)19(18)14-16-15-11(2)17(14)13-8-9-13/h3-7,10,13H,8-9H2,1-2H3/t10-,19+/m0/s1. The van der Waals surface area contributed by atoms with E-state index in [0.29, 0.717) is 11.2 Å². The summed E-state index contributed by atoms with van der Waals surface area (Å²) in [6, 6.07) is 10.4. The quantitative estimate of drug-likeness (QED) is 0.862. The number of rotatable bonds is 4. The van der Waals surface area contributed by atoms with Crippen molar-refractivity contribution >= 4 is 10.8 Å². The molecule has 3 rings (SSSR count). The van der Waals surface area contributed by atoms with E-state index < -0.39 is 10.8 Å². The molecule has 0 unspecified atom stereocenters. The van der Waals surface area contributed by atoms with Crippen LogP contribution in [-0.4, -0.2) is 19.0 Å². The topological polar surface area (TPSA) is 47.8 Å². The minimum atomic E-state index is -1.16. The molecular formula is C14H17N3OS. The average molecular weight is 275 g/mol. The van der Waals surface area contributed by atoms with Crippen molar-refractivity contribution in [3.63, 3.8) is 0 Å². The first-order valence-electron chi connectivity index (χ1n) is 6.55. The molecule has 0 aliphatic heterocycles. The summed E-state index contributed by atoms with van der Waals surface area (Å²) in [6.45, 7) is 3.91. The maximum Gasteiger partial charge on any atom is 0.222 e. The van der Waals surface area contributed by atoms with Crippen molar-refractivity contribution in [1.82, 2.24) is 14.8 Å². The molecule has 1 fully saturated rings. The van der Waals surface area contributed by atoms with Gasteiger partial charge in [-0.1, -0.05) is 30.3 Å². The molecular weight excluding hydrogens is 258 g/mol. The summed E-state index contributed by atoms with van der Waals surface area (Å²) in [7, 11) is -1.16. The van der Waals surface area contributed by atoms with Crippen LogP contribution in [0.15, 0.2) is 35.5 Å². The smallest absolute Gasteiger partial charge is 0.222 e. The Bertz CT molecular complexity index is 604. The highest BCUT2D eigenvalue weighted by Crippen LogP contribution is 2.38. The zero-order valence-corrected chi connectivity index (χ0v) is 11.9. The van der Waals surface area contributed by atoms with Crippen molar-refractivity contribution in [2.24, 2.45) is 0 Å². The van der Waals surface area contributed by atoms with Gasteiger partial charge in [0.1, 0.15) is 5.82 Å². The third-order valence-electron chi connectivity index (χ3n) is 3.52. The van der Waals surface area contributed by atoms with Crippen LogP contribution in [-0.2, 0) is 10.8 Å². The second-order valence-corrected chi connectivity index (χ2v) is 6.65. The minimum absolute atomic E-state index is 0.0673. The van der Waals surface area contributed by atoms with E-state index in [1.807, 2.05) is 44.2 Å². The number of nitrogens with zero attached hydrogens (tertiary/aromatic N) is 3. The lowest BCUT2D eigenvalue weighted by Crippen LogP contribution is -2.10. The summed E-state index contributed by atoms with van der Waals surface area (Å²) in [6.07, 6.45) is 2.28. The molecule has 4 nitrogen and oxygen atoms in total. The normalized spacial score (nSPS) is 18.2. The largest absolute Gasteiger partial charge is 0.301 e. The van der Waals surface area contributed by atoms with Crippen LogP contribution in [0.4, 0.5) is 0 Å². The van der Waals surface area contributed by atoms with Gasteiger partial charge in [0.05, 0.1) is 16.0 Å². The Morgan fingerprint density at radius 1 is 1.26 bits per heavy atom. The lowest BCUT2D eigenvalue weighted by Gasteiger charge is -2.12. The Morgan fingerprint density at radius 2 is 1.95 bits per heavy atom. The van der Waals surface area contributed by atoms with Crippen molar-refractivity contribution < 1.29 is 4.21 Å². The first-order chi connectivity index (χ1) is 9.18. The molecule has 1 aliphatic carbocycles. The molecule has 0 bridgehead atoms. The Balaban J connectivity index is 1.92. The van der Waals surface area contributed by atoms with Crippen molar-refractivity contribution in [3.05, 3.63) is 41.7 Å². The van der Waals surface area contributed by atoms with Gasteiger partial charge in [-0.25, -0.2) is 0 Å². The average Bonchev–Trinajstić information content (AvgIpc) is 3.21. The molecule has 2 atom stereocenters. The molecule has 0 N–H and O–H groups in total. The van der Waals surface area contributed by atoms with E-state index in [2.05, 4.69) is 14.8 Å². The minimum Gasteiger partial charge on any atom is -0.301 e. The van der Waals surface area contributed by atoms with Crippen LogP contribution in [0.1, 0.15) is 42.4 Å². The lowest BCUT2D eigenvalue weighted by atomic mass is 10.2. The van der Waals surface area contributed by atoms with Gasteiger partial charge in [0.25, 0.3) is 0 Å². The molecule has 0 saturated heterocycles. The molecule has 5 heteroatoms. The van der Waals surface area contributed by atoms with E-state index in [1.165, 1.54) is 0 Å². The van der Waals surface area contributed by atoms with E-state index in [-0.39, 0.29) is 5.25 Å². The van der Waals surface area contributed by atoms with E-state index in [9.17, 15) is 4.21 Å². The molecule has 2 aromatic rings. The molecule has 1 heterocycles. The summed E-state index contributed by atoms with van der Waals surface area (Å²) in [5.41, 5.74) is 1.07. The van der Waals surface area contributed by atoms with Crippen LogP contribution < -0.4 is 0 Å². The first-order valence-corrected chi connectivity index (χ1v) is 7.77. The van der Waals surface area contributed by atoms with E-state index in [0.717, 1.165) is 24.2 Å². The summed E-state index contributed by atoms with van der Waals surface area (Å²) in [5, 5.41) is 8.79. The third kappa shape index (κ3) is 2.34. The predicted molar refractivity (Wildman–Crippen MR) is 74.3 cm³/mol. The van der Waals surface area contributed by atoms with Gasteiger partial charge < -0.3 is 4.57 Å². The second-order valence-electron chi connectivity index (χ2n) is 4.98. The van der Waals surface area contributed by atoms with Gasteiger partial charge in [-0.2, -0.15) is 0 Å². The Kier molecular flexibility index (Phi) is 3.22. The van der Waals surface area contributed by atoms with Crippen LogP contribution in [0.5, 0.6) is 0 Å². The summed E-state index contributed by atoms with van der Waals surface area (Å²) >= 11 is 0. The number of benzene rings is 1. The van der Waals surface area contributed by atoms with Gasteiger partial charge in [-0.05, 0) is 32.3 Å². The molecule has 0 amide bonds. The SMILES string of the molecule is Cc1nnc([S@](=O)[C@@H](C)c2ccccc2)n1C1CC1. The molecule has 1 aliphatic rings. The zero-order chi connectivity index (χ0) is 13.4. The monoisotopic (exact) mass is 275 g/mol. The number of aryl methyl sites for hydroxylation is 1. The third-order valence-corrected chi connectivity index (χ3v) is 5.07. The summed E-state index contributed by atoms with van der Waals surface area (Å²) < 4.78 is 14.8. The summed E-state index contributed by atoms with van der Waals surface area (Å²) in [5.74, 6) is 0.867. The van der Waals surface area contributed by atoms with Crippen molar-refractivity contribution in [1.29, 1.82) is 0 Å². The van der Waals surface area contributed by atoms with E-state index >= 15 is 0 Å². The van der Waals surface area contributed by atoms with Gasteiger partial charge in [0.2, 0.25) is 5.16 Å². The second kappa shape index (κ2) is 4.89.